The van der Waals surface area contributed by atoms with Crippen molar-refractivity contribution in [3.05, 3.63) is 59.7 Å². The number of phenols is 1. The van der Waals surface area contributed by atoms with Crippen molar-refractivity contribution < 1.29 is 14.6 Å². The van der Waals surface area contributed by atoms with Crippen LogP contribution >= 0.6 is 0 Å². The average Bonchev–Trinajstić information content (AvgIpc) is 2.52. The van der Waals surface area contributed by atoms with E-state index in [1.165, 1.54) is 0 Å². The third kappa shape index (κ3) is 5.01. The van der Waals surface area contributed by atoms with Gasteiger partial charge in [-0.2, -0.15) is 0 Å². The Morgan fingerprint density at radius 2 is 1.91 bits per heavy atom. The molecule has 0 heterocycles. The molecule has 0 aliphatic carbocycles. The van der Waals surface area contributed by atoms with E-state index in [9.17, 15) is 9.90 Å². The Labute approximate surface area is 129 Å². The monoisotopic (exact) mass is 300 g/mol. The number of ether oxygens (including phenoxy) is 1. The van der Waals surface area contributed by atoms with Crippen molar-refractivity contribution in [1.29, 1.82) is 0 Å². The number of benzene rings is 2. The summed E-state index contributed by atoms with van der Waals surface area (Å²) in [4.78, 5) is 11.5. The van der Waals surface area contributed by atoms with Crippen LogP contribution < -0.4 is 10.6 Å². The van der Waals surface area contributed by atoms with Crippen LogP contribution in [0.1, 0.15) is 11.1 Å². The summed E-state index contributed by atoms with van der Waals surface area (Å²) in [6, 6.07) is 14.9. The Hall–Kier alpha value is -2.69. The van der Waals surface area contributed by atoms with Crippen molar-refractivity contribution in [3.8, 4) is 5.75 Å². The standard InChI is InChI=1S/C17H20N2O3/c1-13-7-8-15(16(20)11-13)18-9-10-19-17(21)22-12-14-5-3-2-4-6-14/h2-8,11,18,20H,9-10,12H2,1H3,(H,19,21). The number of amides is 1. The van der Waals surface area contributed by atoms with Crippen LogP contribution in [0.3, 0.4) is 0 Å². The van der Waals surface area contributed by atoms with Crippen LogP contribution in [-0.2, 0) is 11.3 Å². The van der Waals surface area contributed by atoms with Crippen molar-refractivity contribution >= 4 is 11.8 Å². The predicted molar refractivity (Wildman–Crippen MR) is 86.0 cm³/mol. The summed E-state index contributed by atoms with van der Waals surface area (Å²) in [5.41, 5.74) is 2.58. The van der Waals surface area contributed by atoms with Gasteiger partial charge in [-0.05, 0) is 30.2 Å². The largest absolute Gasteiger partial charge is 0.506 e. The molecule has 2 aromatic rings. The Bertz CT molecular complexity index is 615. The van der Waals surface area contributed by atoms with Gasteiger partial charge in [-0.3, -0.25) is 0 Å². The van der Waals surface area contributed by atoms with Gasteiger partial charge >= 0.3 is 6.09 Å². The summed E-state index contributed by atoms with van der Waals surface area (Å²) < 4.78 is 5.09. The molecule has 3 N–H and O–H groups in total. The van der Waals surface area contributed by atoms with Crippen LogP contribution in [0, 0.1) is 6.92 Å². The number of nitrogens with one attached hydrogen (secondary N) is 2. The first-order valence-electron chi connectivity index (χ1n) is 7.13. The fourth-order valence-corrected chi connectivity index (χ4v) is 1.93. The molecule has 116 valence electrons. The minimum atomic E-state index is -0.459. The van der Waals surface area contributed by atoms with E-state index in [1.807, 2.05) is 43.3 Å². The van der Waals surface area contributed by atoms with Crippen molar-refractivity contribution in [2.45, 2.75) is 13.5 Å². The van der Waals surface area contributed by atoms with Gasteiger partial charge in [-0.1, -0.05) is 36.4 Å². The van der Waals surface area contributed by atoms with Gasteiger partial charge in [0.1, 0.15) is 12.4 Å². The van der Waals surface area contributed by atoms with Gasteiger partial charge < -0.3 is 20.5 Å². The fraction of sp³-hybridized carbons (Fsp3) is 0.235. The molecule has 0 atom stereocenters. The smallest absolute Gasteiger partial charge is 0.407 e. The summed E-state index contributed by atoms with van der Waals surface area (Å²) in [6.45, 7) is 3.06. The molecule has 5 nitrogen and oxygen atoms in total. The first kappa shape index (κ1) is 15.7. The van der Waals surface area contributed by atoms with Gasteiger partial charge in [-0.15, -0.1) is 0 Å². The first-order valence-corrected chi connectivity index (χ1v) is 7.13. The van der Waals surface area contributed by atoms with Crippen LogP contribution in [0.25, 0.3) is 0 Å². The second-order valence-corrected chi connectivity index (χ2v) is 4.94. The zero-order chi connectivity index (χ0) is 15.8. The zero-order valence-corrected chi connectivity index (χ0v) is 12.5. The lowest BCUT2D eigenvalue weighted by atomic mass is 10.2. The number of aromatic hydroxyl groups is 1. The minimum absolute atomic E-state index is 0.201. The van der Waals surface area contributed by atoms with E-state index in [2.05, 4.69) is 10.6 Å². The van der Waals surface area contributed by atoms with E-state index in [0.29, 0.717) is 18.8 Å². The molecule has 22 heavy (non-hydrogen) atoms. The molecule has 0 aromatic heterocycles. The molecule has 0 bridgehead atoms. The van der Waals surface area contributed by atoms with E-state index in [1.54, 1.807) is 12.1 Å². The number of phenolic OH excluding ortho intramolecular Hbond substituents is 1. The molecular formula is C17H20N2O3. The Morgan fingerprint density at radius 1 is 1.14 bits per heavy atom. The molecule has 1 amide bonds. The highest BCUT2D eigenvalue weighted by molar-refractivity contribution is 5.67. The number of anilines is 1. The van der Waals surface area contributed by atoms with Gasteiger partial charge in [0.15, 0.2) is 0 Å². The molecular weight excluding hydrogens is 280 g/mol. The molecule has 0 aliphatic rings. The van der Waals surface area contributed by atoms with E-state index < -0.39 is 6.09 Å². The van der Waals surface area contributed by atoms with Crippen LogP contribution in [0.2, 0.25) is 0 Å². The molecule has 0 spiro atoms. The van der Waals surface area contributed by atoms with Crippen LogP contribution in [0.5, 0.6) is 5.75 Å². The average molecular weight is 300 g/mol. The predicted octanol–water partition coefficient (Wildman–Crippen LogP) is 3.04. The Balaban J connectivity index is 1.65. The highest BCUT2D eigenvalue weighted by Crippen LogP contribution is 2.23. The number of rotatable bonds is 6. The molecule has 0 aliphatic heterocycles. The summed E-state index contributed by atoms with van der Waals surface area (Å²) in [6.07, 6.45) is -0.459. The molecule has 2 rings (SSSR count). The summed E-state index contributed by atoms with van der Waals surface area (Å²) in [5, 5.41) is 15.4. The minimum Gasteiger partial charge on any atom is -0.506 e. The maximum absolute atomic E-state index is 11.5. The maximum atomic E-state index is 11.5. The Kier molecular flexibility index (Phi) is 5.65. The number of hydrogen-bond acceptors (Lipinski definition) is 4. The number of carbonyl (C=O) groups is 1. The van der Waals surface area contributed by atoms with Gasteiger partial charge in [0.2, 0.25) is 0 Å². The molecule has 5 heteroatoms. The van der Waals surface area contributed by atoms with E-state index >= 15 is 0 Å². The Morgan fingerprint density at radius 3 is 2.64 bits per heavy atom. The fourth-order valence-electron chi connectivity index (χ4n) is 1.93. The highest BCUT2D eigenvalue weighted by atomic mass is 16.5. The quantitative estimate of drug-likeness (QED) is 0.566. The first-order chi connectivity index (χ1) is 10.6. The zero-order valence-electron chi connectivity index (χ0n) is 12.5. The summed E-state index contributed by atoms with van der Waals surface area (Å²) in [7, 11) is 0. The number of carbonyl (C=O) groups excluding carboxylic acids is 1. The van der Waals surface area contributed by atoms with Crippen molar-refractivity contribution in [2.75, 3.05) is 18.4 Å². The van der Waals surface area contributed by atoms with Crippen molar-refractivity contribution in [2.24, 2.45) is 0 Å². The van der Waals surface area contributed by atoms with Crippen LogP contribution in [0.15, 0.2) is 48.5 Å². The number of aryl methyl sites for hydroxylation is 1. The second kappa shape index (κ2) is 7.93. The van der Waals surface area contributed by atoms with E-state index in [0.717, 1.165) is 11.1 Å². The lowest BCUT2D eigenvalue weighted by Crippen LogP contribution is -2.29. The number of hydrogen-bond donors (Lipinski definition) is 3. The van der Waals surface area contributed by atoms with Gasteiger partial charge in [0.25, 0.3) is 0 Å². The van der Waals surface area contributed by atoms with E-state index in [4.69, 9.17) is 4.74 Å². The lowest BCUT2D eigenvalue weighted by molar-refractivity contribution is 0.140. The van der Waals surface area contributed by atoms with Gasteiger partial charge in [0, 0.05) is 13.1 Å². The second-order valence-electron chi connectivity index (χ2n) is 4.94. The maximum Gasteiger partial charge on any atom is 0.407 e. The van der Waals surface area contributed by atoms with Gasteiger partial charge in [-0.25, -0.2) is 4.79 Å². The third-order valence-corrected chi connectivity index (χ3v) is 3.08. The van der Waals surface area contributed by atoms with Gasteiger partial charge in [0.05, 0.1) is 5.69 Å². The van der Waals surface area contributed by atoms with Crippen molar-refractivity contribution in [3.63, 3.8) is 0 Å². The van der Waals surface area contributed by atoms with Crippen molar-refractivity contribution in [1.82, 2.24) is 5.32 Å². The lowest BCUT2D eigenvalue weighted by Gasteiger charge is -2.10. The normalized spacial score (nSPS) is 10.0. The number of alkyl carbamates (subject to hydrolysis) is 1. The van der Waals surface area contributed by atoms with Crippen LogP contribution in [0.4, 0.5) is 10.5 Å². The highest BCUT2D eigenvalue weighted by Gasteiger charge is 2.03. The topological polar surface area (TPSA) is 70.6 Å². The summed E-state index contributed by atoms with van der Waals surface area (Å²) in [5.74, 6) is 0.201. The molecule has 2 aromatic carbocycles. The third-order valence-electron chi connectivity index (χ3n) is 3.08. The molecule has 0 unspecified atom stereocenters. The van der Waals surface area contributed by atoms with Crippen LogP contribution in [-0.4, -0.2) is 24.3 Å². The molecule has 0 saturated carbocycles. The molecule has 0 radical (unpaired) electrons. The summed E-state index contributed by atoms with van der Waals surface area (Å²) >= 11 is 0. The molecule has 0 fully saturated rings. The SMILES string of the molecule is Cc1ccc(NCCNC(=O)OCc2ccccc2)c(O)c1. The molecule has 0 saturated heterocycles. The van der Waals surface area contributed by atoms with E-state index in [-0.39, 0.29) is 12.4 Å².